The number of aliphatic imine (C=N–C) groups is 1. The summed E-state index contributed by atoms with van der Waals surface area (Å²) in [5.41, 5.74) is 0.0553. The lowest BCUT2D eigenvalue weighted by molar-refractivity contribution is 0.0888. The molecule has 1 aromatic rings. The summed E-state index contributed by atoms with van der Waals surface area (Å²) < 4.78 is 39.3. The normalized spacial score (nSPS) is 17.9. The van der Waals surface area contributed by atoms with Crippen molar-refractivity contribution in [1.82, 2.24) is 15.5 Å². The highest BCUT2D eigenvalue weighted by Gasteiger charge is 2.22. The van der Waals surface area contributed by atoms with Gasteiger partial charge in [0.05, 0.1) is 19.3 Å². The molecule has 6 nitrogen and oxygen atoms in total. The first-order chi connectivity index (χ1) is 13.5. The maximum atomic E-state index is 14.1. The molecule has 0 bridgehead atoms. The predicted octanol–water partition coefficient (Wildman–Crippen LogP) is 2.79. The Labute approximate surface area is 189 Å². The third kappa shape index (κ3) is 8.69. The summed E-state index contributed by atoms with van der Waals surface area (Å²) in [4.78, 5) is 5.95. The molecule has 9 heteroatoms. The monoisotopic (exact) mass is 526 g/mol. The van der Waals surface area contributed by atoms with Gasteiger partial charge in [-0.3, -0.25) is 4.99 Å². The van der Waals surface area contributed by atoms with Crippen LogP contribution < -0.4 is 10.6 Å². The van der Waals surface area contributed by atoms with E-state index in [2.05, 4.69) is 15.6 Å². The van der Waals surface area contributed by atoms with Crippen LogP contribution in [0.2, 0.25) is 0 Å². The fourth-order valence-electron chi connectivity index (χ4n) is 3.13. The molecule has 2 N–H and O–H groups in total. The van der Waals surface area contributed by atoms with E-state index in [1.807, 2.05) is 0 Å². The molecular formula is C20H33F2IN4O2. The lowest BCUT2D eigenvalue weighted by Gasteiger charge is -2.26. The number of halogens is 3. The van der Waals surface area contributed by atoms with E-state index in [0.29, 0.717) is 31.6 Å². The van der Waals surface area contributed by atoms with Gasteiger partial charge < -0.3 is 25.0 Å². The van der Waals surface area contributed by atoms with Crippen molar-refractivity contribution in [3.05, 3.63) is 35.4 Å². The van der Waals surface area contributed by atoms with E-state index < -0.39 is 17.7 Å². The maximum Gasteiger partial charge on any atom is 0.191 e. The van der Waals surface area contributed by atoms with Crippen molar-refractivity contribution in [1.29, 1.82) is 0 Å². The third-order valence-electron chi connectivity index (χ3n) is 4.78. The van der Waals surface area contributed by atoms with Crippen LogP contribution in [0.4, 0.5) is 8.78 Å². The van der Waals surface area contributed by atoms with Crippen molar-refractivity contribution >= 4 is 29.9 Å². The molecule has 1 fully saturated rings. The molecule has 2 unspecified atom stereocenters. The summed E-state index contributed by atoms with van der Waals surface area (Å²) in [5.74, 6) is 0.0124. The summed E-state index contributed by atoms with van der Waals surface area (Å²) in [6.07, 6.45) is 1.91. The van der Waals surface area contributed by atoms with Crippen molar-refractivity contribution in [3.8, 4) is 0 Å². The highest BCUT2D eigenvalue weighted by molar-refractivity contribution is 14.0. The van der Waals surface area contributed by atoms with E-state index in [9.17, 15) is 8.78 Å². The van der Waals surface area contributed by atoms with Crippen molar-refractivity contribution in [3.63, 3.8) is 0 Å². The molecule has 29 heavy (non-hydrogen) atoms. The highest BCUT2D eigenvalue weighted by Crippen LogP contribution is 2.23. The summed E-state index contributed by atoms with van der Waals surface area (Å²) in [5, 5.41) is 6.35. The van der Waals surface area contributed by atoms with Crippen LogP contribution in [0.15, 0.2) is 23.2 Å². The van der Waals surface area contributed by atoms with Crippen LogP contribution in [0.3, 0.4) is 0 Å². The Kier molecular flexibility index (Phi) is 12.6. The van der Waals surface area contributed by atoms with Gasteiger partial charge >= 0.3 is 0 Å². The standard InChI is InChI=1S/C20H32F2N4O2.HI/c1-23-20(24-9-5-10-27-13-15-8-11-28-14-15)25-12-18(26(2)3)19-16(21)6-4-7-17(19)22;/h4,6-7,15,18H,5,8-14H2,1-3H3,(H2,23,24,25);1H. The fraction of sp³-hybridized carbons (Fsp3) is 0.650. The van der Waals surface area contributed by atoms with Crippen LogP contribution in [-0.4, -0.2) is 71.5 Å². The van der Waals surface area contributed by atoms with Crippen LogP contribution in [-0.2, 0) is 9.47 Å². The molecule has 0 aromatic heterocycles. The zero-order valence-electron chi connectivity index (χ0n) is 17.4. The average Bonchev–Trinajstić information content (AvgIpc) is 3.18. The Morgan fingerprint density at radius 1 is 1.31 bits per heavy atom. The number of likely N-dealkylation sites (N-methyl/N-ethyl adjacent to an activating group) is 1. The van der Waals surface area contributed by atoms with Gasteiger partial charge in [-0.25, -0.2) is 8.78 Å². The lowest BCUT2D eigenvalue weighted by atomic mass is 10.0. The van der Waals surface area contributed by atoms with Crippen LogP contribution in [0.5, 0.6) is 0 Å². The van der Waals surface area contributed by atoms with E-state index in [1.165, 1.54) is 18.2 Å². The van der Waals surface area contributed by atoms with Gasteiger partial charge in [-0.1, -0.05) is 6.07 Å². The number of guanidine groups is 1. The second kappa shape index (κ2) is 14.1. The number of rotatable bonds is 10. The number of hydrogen-bond donors (Lipinski definition) is 2. The minimum atomic E-state index is -0.548. The molecule has 1 aliphatic rings. The summed E-state index contributed by atoms with van der Waals surface area (Å²) in [7, 11) is 5.25. The van der Waals surface area contributed by atoms with Crippen LogP contribution in [0, 0.1) is 17.6 Å². The van der Waals surface area contributed by atoms with Gasteiger partial charge in [-0.05, 0) is 39.1 Å². The zero-order chi connectivity index (χ0) is 20.4. The highest BCUT2D eigenvalue weighted by atomic mass is 127. The topological polar surface area (TPSA) is 58.1 Å². The van der Waals surface area contributed by atoms with Gasteiger partial charge in [0.2, 0.25) is 0 Å². The molecular weight excluding hydrogens is 493 g/mol. The quantitative estimate of drug-likeness (QED) is 0.213. The van der Waals surface area contributed by atoms with E-state index in [0.717, 1.165) is 32.7 Å². The molecule has 0 saturated carbocycles. The van der Waals surface area contributed by atoms with Gasteiger partial charge in [0.15, 0.2) is 5.96 Å². The first kappa shape index (κ1) is 26.0. The Balaban J connectivity index is 0.00000420. The van der Waals surface area contributed by atoms with Crippen LogP contribution in [0.25, 0.3) is 0 Å². The van der Waals surface area contributed by atoms with E-state index >= 15 is 0 Å². The fourth-order valence-corrected chi connectivity index (χ4v) is 3.13. The summed E-state index contributed by atoms with van der Waals surface area (Å²) in [6, 6.07) is 3.47. The Morgan fingerprint density at radius 2 is 2.03 bits per heavy atom. The van der Waals surface area contributed by atoms with Gasteiger partial charge in [0.1, 0.15) is 11.6 Å². The molecule has 0 aliphatic carbocycles. The molecule has 0 radical (unpaired) electrons. The van der Waals surface area contributed by atoms with Crippen molar-refractivity contribution in [2.75, 3.05) is 60.7 Å². The maximum absolute atomic E-state index is 14.1. The molecule has 2 atom stereocenters. The molecule has 166 valence electrons. The van der Waals surface area contributed by atoms with Gasteiger partial charge in [-0.2, -0.15) is 0 Å². The van der Waals surface area contributed by atoms with Gasteiger partial charge in [-0.15, -0.1) is 24.0 Å². The van der Waals surface area contributed by atoms with Crippen molar-refractivity contribution in [2.45, 2.75) is 18.9 Å². The van der Waals surface area contributed by atoms with Gasteiger partial charge in [0.25, 0.3) is 0 Å². The Morgan fingerprint density at radius 3 is 2.62 bits per heavy atom. The van der Waals surface area contributed by atoms with Crippen molar-refractivity contribution in [2.24, 2.45) is 10.9 Å². The van der Waals surface area contributed by atoms with Crippen LogP contribution >= 0.6 is 24.0 Å². The Bertz CT molecular complexity index is 608. The number of nitrogens with one attached hydrogen (secondary N) is 2. The van der Waals surface area contributed by atoms with Gasteiger partial charge in [0, 0.05) is 44.8 Å². The minimum absolute atomic E-state index is 0. The summed E-state index contributed by atoms with van der Waals surface area (Å²) in [6.45, 7) is 4.06. The Hall–Kier alpha value is -1.04. The molecule has 1 saturated heterocycles. The van der Waals surface area contributed by atoms with Crippen LogP contribution in [0.1, 0.15) is 24.4 Å². The smallest absolute Gasteiger partial charge is 0.191 e. The molecule has 0 spiro atoms. The average molecular weight is 526 g/mol. The first-order valence-corrected chi connectivity index (χ1v) is 9.73. The van der Waals surface area contributed by atoms with E-state index in [-0.39, 0.29) is 29.5 Å². The van der Waals surface area contributed by atoms with Crippen molar-refractivity contribution < 1.29 is 18.3 Å². The second-order valence-corrected chi connectivity index (χ2v) is 7.15. The molecule has 1 aliphatic heterocycles. The van der Waals surface area contributed by atoms with E-state index in [4.69, 9.17) is 9.47 Å². The number of benzene rings is 1. The van der Waals surface area contributed by atoms with E-state index in [1.54, 1.807) is 26.0 Å². The summed E-state index contributed by atoms with van der Waals surface area (Å²) >= 11 is 0. The molecule has 2 rings (SSSR count). The lowest BCUT2D eigenvalue weighted by Crippen LogP contribution is -2.42. The molecule has 0 amide bonds. The third-order valence-corrected chi connectivity index (χ3v) is 4.78. The second-order valence-electron chi connectivity index (χ2n) is 7.15. The SMILES string of the molecule is CN=C(NCCCOCC1CCOC1)NCC(c1c(F)cccc1F)N(C)C.I. The molecule has 1 aromatic carbocycles. The largest absolute Gasteiger partial charge is 0.381 e. The first-order valence-electron chi connectivity index (χ1n) is 9.73. The molecule has 1 heterocycles. The number of nitrogens with zero attached hydrogens (tertiary/aromatic N) is 2. The minimum Gasteiger partial charge on any atom is -0.381 e. The zero-order valence-corrected chi connectivity index (χ0v) is 19.7. The predicted molar refractivity (Wildman–Crippen MR) is 122 cm³/mol. The number of ether oxygens (including phenoxy) is 2. The number of hydrogen-bond acceptors (Lipinski definition) is 4.